The van der Waals surface area contributed by atoms with Crippen molar-refractivity contribution in [3.8, 4) is 0 Å². The smallest absolute Gasteiger partial charge is 0.743 e. The fourth-order valence-electron chi connectivity index (χ4n) is 1.31. The molecule has 0 heterocycles. The second-order valence-electron chi connectivity index (χ2n) is 3.97. The van der Waals surface area contributed by atoms with Crippen molar-refractivity contribution in [1.29, 1.82) is 0 Å². The van der Waals surface area contributed by atoms with Gasteiger partial charge in [-0.2, -0.15) is 22.0 Å². The van der Waals surface area contributed by atoms with Crippen molar-refractivity contribution >= 4 is 10.1 Å². The van der Waals surface area contributed by atoms with Crippen molar-refractivity contribution in [2.24, 2.45) is 0 Å². The molecule has 0 aromatic heterocycles. The third kappa shape index (κ3) is 10.9. The van der Waals surface area contributed by atoms with E-state index >= 15 is 0 Å². The van der Waals surface area contributed by atoms with Crippen LogP contribution in [-0.4, -0.2) is 24.4 Å². The van der Waals surface area contributed by atoms with Gasteiger partial charge in [-0.05, 0) is 12.8 Å². The summed E-state index contributed by atoms with van der Waals surface area (Å²) in [4.78, 5) is 0. The molecule has 0 unspecified atom stereocenters. The van der Waals surface area contributed by atoms with Crippen LogP contribution in [0.15, 0.2) is 0 Å². The summed E-state index contributed by atoms with van der Waals surface area (Å²) < 4.78 is 90.7. The van der Waals surface area contributed by atoms with Gasteiger partial charge in [0, 0.05) is 12.8 Å². The Hall–Kier alpha value is 0.560. The molecule has 19 heavy (non-hydrogen) atoms. The van der Waals surface area contributed by atoms with E-state index in [0.29, 0.717) is 6.42 Å². The van der Waals surface area contributed by atoms with Crippen molar-refractivity contribution in [2.45, 2.75) is 56.4 Å². The third-order valence-corrected chi connectivity index (χ3v) is 3.23. The van der Waals surface area contributed by atoms with E-state index in [0.717, 1.165) is 0 Å². The predicted octanol–water partition coefficient (Wildman–Crippen LogP) is 0.421. The van der Waals surface area contributed by atoms with Crippen LogP contribution in [-0.2, 0) is 10.1 Å². The molecule has 10 heteroatoms. The van der Waals surface area contributed by atoms with Crippen LogP contribution in [0, 0.1) is 0 Å². The first kappa shape index (κ1) is 21.9. The molecule has 110 valence electrons. The van der Waals surface area contributed by atoms with Crippen LogP contribution in [0.2, 0.25) is 0 Å². The first-order chi connectivity index (χ1) is 7.96. The number of unbranched alkanes of at least 4 members (excludes halogenated alkanes) is 4. The molecule has 0 atom stereocenters. The van der Waals surface area contributed by atoms with Gasteiger partial charge in [0.15, 0.2) is 10.1 Å². The van der Waals surface area contributed by atoms with E-state index in [4.69, 9.17) is 0 Å². The Morgan fingerprint density at radius 1 is 0.789 bits per heavy atom. The standard InChI is InChI=1S/C9H15F5O3S.Na/c10-8(11,12)6-4-2-1-3-5-7-9(13,14)18(15,16)17;/h1-7H2,(H,15,16,17);/q;+1/p-1. The van der Waals surface area contributed by atoms with E-state index in [1.807, 2.05) is 0 Å². The normalized spacial score (nSPS) is 13.2. The van der Waals surface area contributed by atoms with Crippen LogP contribution in [0.1, 0.15) is 44.9 Å². The Balaban J connectivity index is 0. The summed E-state index contributed by atoms with van der Waals surface area (Å²) >= 11 is 0. The van der Waals surface area contributed by atoms with Gasteiger partial charge in [0.05, 0.1) is 0 Å². The van der Waals surface area contributed by atoms with Crippen LogP contribution in [0.5, 0.6) is 0 Å². The largest absolute Gasteiger partial charge is 1.00 e. The minimum Gasteiger partial charge on any atom is -0.743 e. The molecule has 0 aliphatic heterocycles. The van der Waals surface area contributed by atoms with Crippen LogP contribution >= 0.6 is 0 Å². The first-order valence-corrected chi connectivity index (χ1v) is 6.76. The fraction of sp³-hybridized carbons (Fsp3) is 1.00. The molecule has 0 fully saturated rings. The molecule has 0 aliphatic carbocycles. The Kier molecular flexibility index (Phi) is 10.1. The minimum atomic E-state index is -5.65. The maximum atomic E-state index is 12.6. The Labute approximate surface area is 131 Å². The molecular formula is C9H14F5NaO3S. The Morgan fingerprint density at radius 2 is 1.16 bits per heavy atom. The van der Waals surface area contributed by atoms with Crippen molar-refractivity contribution < 1.29 is 64.5 Å². The molecular weight excluding hydrogens is 306 g/mol. The quantitative estimate of drug-likeness (QED) is 0.282. The Morgan fingerprint density at radius 3 is 1.53 bits per heavy atom. The van der Waals surface area contributed by atoms with Crippen LogP contribution in [0.4, 0.5) is 22.0 Å². The average molecular weight is 320 g/mol. The molecule has 0 bridgehead atoms. The van der Waals surface area contributed by atoms with Crippen LogP contribution < -0.4 is 29.6 Å². The third-order valence-electron chi connectivity index (χ3n) is 2.29. The van der Waals surface area contributed by atoms with Gasteiger partial charge in [-0.3, -0.25) is 0 Å². The van der Waals surface area contributed by atoms with E-state index in [-0.39, 0.29) is 55.2 Å². The summed E-state index contributed by atoms with van der Waals surface area (Å²) in [6, 6.07) is 0. The molecule has 0 aliphatic rings. The van der Waals surface area contributed by atoms with Crippen LogP contribution in [0.3, 0.4) is 0 Å². The average Bonchev–Trinajstić information content (AvgIpc) is 2.12. The summed E-state index contributed by atoms with van der Waals surface area (Å²) in [7, 11) is -5.65. The maximum absolute atomic E-state index is 12.6. The molecule has 3 nitrogen and oxygen atoms in total. The molecule has 0 amide bonds. The zero-order valence-electron chi connectivity index (χ0n) is 10.5. The molecule has 0 saturated carbocycles. The first-order valence-electron chi connectivity index (χ1n) is 5.36. The summed E-state index contributed by atoms with van der Waals surface area (Å²) in [5, 5.41) is -4.29. The van der Waals surface area contributed by atoms with Gasteiger partial charge in [-0.1, -0.05) is 19.3 Å². The topological polar surface area (TPSA) is 57.2 Å². The monoisotopic (exact) mass is 320 g/mol. The van der Waals surface area contributed by atoms with Crippen LogP contribution in [0.25, 0.3) is 0 Å². The second kappa shape index (κ2) is 8.76. The zero-order chi connectivity index (χ0) is 14.4. The van der Waals surface area contributed by atoms with E-state index in [9.17, 15) is 34.9 Å². The van der Waals surface area contributed by atoms with Crippen molar-refractivity contribution in [3.63, 3.8) is 0 Å². The number of halogens is 5. The SMILES string of the molecule is O=S(=O)([O-])C(F)(F)CCCCCCCC(F)(F)F.[Na+]. The maximum Gasteiger partial charge on any atom is 1.00 e. The van der Waals surface area contributed by atoms with Crippen molar-refractivity contribution in [3.05, 3.63) is 0 Å². The van der Waals surface area contributed by atoms with Gasteiger partial charge in [-0.15, -0.1) is 0 Å². The molecule has 0 N–H and O–H groups in total. The summed E-state index contributed by atoms with van der Waals surface area (Å²) in [6.45, 7) is 0. The van der Waals surface area contributed by atoms with E-state index in [1.165, 1.54) is 0 Å². The zero-order valence-corrected chi connectivity index (χ0v) is 13.3. The number of hydrogen-bond donors (Lipinski definition) is 0. The second-order valence-corrected chi connectivity index (χ2v) is 5.48. The number of rotatable bonds is 8. The molecule has 0 rings (SSSR count). The van der Waals surface area contributed by atoms with Gasteiger partial charge in [0.25, 0.3) is 0 Å². The molecule has 0 saturated heterocycles. The van der Waals surface area contributed by atoms with Gasteiger partial charge in [-0.25, -0.2) is 8.42 Å². The fourth-order valence-corrected chi connectivity index (χ4v) is 1.71. The van der Waals surface area contributed by atoms with Gasteiger partial charge >= 0.3 is 41.0 Å². The van der Waals surface area contributed by atoms with E-state index < -0.39 is 34.4 Å². The number of hydrogen-bond acceptors (Lipinski definition) is 3. The van der Waals surface area contributed by atoms with E-state index in [2.05, 4.69) is 0 Å². The Bertz CT molecular complexity index is 342. The molecule has 0 aromatic rings. The number of alkyl halides is 5. The van der Waals surface area contributed by atoms with E-state index in [1.54, 1.807) is 0 Å². The summed E-state index contributed by atoms with van der Waals surface area (Å²) in [5.74, 6) is 0. The van der Waals surface area contributed by atoms with Crippen molar-refractivity contribution in [1.82, 2.24) is 0 Å². The van der Waals surface area contributed by atoms with Gasteiger partial charge in [0.1, 0.15) is 0 Å². The summed E-state index contributed by atoms with van der Waals surface area (Å²) in [5.41, 5.74) is 0. The predicted molar refractivity (Wildman–Crippen MR) is 53.0 cm³/mol. The molecule has 0 spiro atoms. The minimum absolute atomic E-state index is 0. The summed E-state index contributed by atoms with van der Waals surface area (Å²) in [6.07, 6.45) is -5.82. The van der Waals surface area contributed by atoms with Crippen molar-refractivity contribution in [2.75, 3.05) is 0 Å². The van der Waals surface area contributed by atoms with Gasteiger partial charge < -0.3 is 4.55 Å². The molecule has 0 aromatic carbocycles. The molecule has 0 radical (unpaired) electrons. The van der Waals surface area contributed by atoms with Gasteiger partial charge in [0.2, 0.25) is 0 Å².